The van der Waals surface area contributed by atoms with Crippen molar-refractivity contribution in [3.05, 3.63) is 12.2 Å². The van der Waals surface area contributed by atoms with Crippen LogP contribution in [-0.2, 0) is 14.0 Å². The van der Waals surface area contributed by atoms with E-state index in [1.807, 2.05) is 52.6 Å². The Labute approximate surface area is 164 Å². The molecule has 0 spiro atoms. The zero-order valence-corrected chi connectivity index (χ0v) is 18.9. The number of carbonyl (C=O) groups excluding carboxylic acids is 2. The highest BCUT2D eigenvalue weighted by Crippen LogP contribution is 2.37. The minimum Gasteiger partial charge on any atom is -0.398 e. The Balaban J connectivity index is 2.22. The monoisotopic (exact) mass is 414 g/mol. The number of likely N-dealkylation sites (N-methyl/N-ethyl adjacent to an activating group) is 1. The van der Waals surface area contributed by atoms with Crippen LogP contribution in [-0.4, -0.2) is 64.0 Å². The van der Waals surface area contributed by atoms with E-state index in [2.05, 4.69) is 10.2 Å². The first kappa shape index (κ1) is 21.2. The molecule has 1 unspecified atom stereocenters. The fourth-order valence-corrected chi connectivity index (χ4v) is 5.83. The molecule has 2 aliphatic heterocycles. The highest BCUT2D eigenvalue weighted by atomic mass is 32.2. The molecule has 2 amide bonds. The van der Waals surface area contributed by atoms with E-state index in [-0.39, 0.29) is 11.8 Å². The molecule has 2 rings (SSSR count). The van der Waals surface area contributed by atoms with E-state index in [0.29, 0.717) is 16.9 Å². The first-order valence-electron chi connectivity index (χ1n) is 8.36. The molecule has 1 atom stereocenters. The van der Waals surface area contributed by atoms with Crippen molar-refractivity contribution in [2.24, 2.45) is 10.2 Å². The molecule has 0 aromatic carbocycles. The van der Waals surface area contributed by atoms with E-state index in [0.717, 1.165) is 0 Å². The molecular weight excluding hydrogens is 388 g/mol. The van der Waals surface area contributed by atoms with Gasteiger partial charge in [-0.1, -0.05) is 23.9 Å². The van der Waals surface area contributed by atoms with Crippen molar-refractivity contribution in [3.8, 4) is 0 Å². The number of thioether (sulfide) groups is 2. The third-order valence-corrected chi connectivity index (χ3v) is 6.94. The summed E-state index contributed by atoms with van der Waals surface area (Å²) in [6.45, 7) is 12.2. The second-order valence-electron chi connectivity index (χ2n) is 7.44. The van der Waals surface area contributed by atoms with Crippen LogP contribution in [0.2, 0.25) is 19.6 Å². The van der Waals surface area contributed by atoms with Gasteiger partial charge in [0.15, 0.2) is 24.1 Å². The van der Waals surface area contributed by atoms with Crippen molar-refractivity contribution in [1.82, 2.24) is 9.80 Å². The standard InChI is InChI=1S/C16H26N4O3S2Si/c1-8-9-10-20-13(22)16(2,3)25-15(20)18-17-14-19(4)11(21)12(24-14)23-26(5,6)7/h8-9,12H,10H2,1-7H3. The number of amidine groups is 2. The molecule has 10 heteroatoms. The molecule has 7 nitrogen and oxygen atoms in total. The average Bonchev–Trinajstić information content (AvgIpc) is 2.90. The first-order valence-corrected chi connectivity index (χ1v) is 13.5. The van der Waals surface area contributed by atoms with E-state index in [4.69, 9.17) is 4.43 Å². The van der Waals surface area contributed by atoms with Gasteiger partial charge in [0, 0.05) is 13.6 Å². The number of allylic oxidation sites excluding steroid dienone is 1. The van der Waals surface area contributed by atoms with Crippen LogP contribution in [0.3, 0.4) is 0 Å². The smallest absolute Gasteiger partial charge is 0.267 e. The Bertz CT molecular complexity index is 685. The Morgan fingerprint density at radius 2 is 1.85 bits per heavy atom. The number of hydrogen-bond donors (Lipinski definition) is 0. The lowest BCUT2D eigenvalue weighted by atomic mass is 10.2. The summed E-state index contributed by atoms with van der Waals surface area (Å²) in [6, 6.07) is 0. The summed E-state index contributed by atoms with van der Waals surface area (Å²) in [4.78, 5) is 27.9. The lowest BCUT2D eigenvalue weighted by Crippen LogP contribution is -2.36. The van der Waals surface area contributed by atoms with Gasteiger partial charge in [0.25, 0.3) is 5.91 Å². The van der Waals surface area contributed by atoms with Gasteiger partial charge in [-0.2, -0.15) is 0 Å². The van der Waals surface area contributed by atoms with Crippen LogP contribution in [0.25, 0.3) is 0 Å². The summed E-state index contributed by atoms with van der Waals surface area (Å²) >= 11 is 2.64. The summed E-state index contributed by atoms with van der Waals surface area (Å²) in [5.74, 6) is -0.124. The van der Waals surface area contributed by atoms with Crippen LogP contribution in [0.1, 0.15) is 20.8 Å². The number of carbonyl (C=O) groups is 2. The van der Waals surface area contributed by atoms with E-state index in [1.54, 1.807) is 11.9 Å². The number of nitrogens with zero attached hydrogens (tertiary/aromatic N) is 4. The van der Waals surface area contributed by atoms with Gasteiger partial charge in [-0.15, -0.1) is 10.2 Å². The largest absolute Gasteiger partial charge is 0.398 e. The third-order valence-electron chi connectivity index (χ3n) is 3.57. The van der Waals surface area contributed by atoms with Gasteiger partial charge in [-0.3, -0.25) is 19.4 Å². The second kappa shape index (κ2) is 7.87. The molecule has 2 saturated heterocycles. The molecule has 26 heavy (non-hydrogen) atoms. The summed E-state index contributed by atoms with van der Waals surface area (Å²) < 4.78 is 5.34. The predicted molar refractivity (Wildman–Crippen MR) is 112 cm³/mol. The quantitative estimate of drug-likeness (QED) is 0.393. The van der Waals surface area contributed by atoms with E-state index in [9.17, 15) is 9.59 Å². The van der Waals surface area contributed by atoms with Crippen LogP contribution in [0, 0.1) is 0 Å². The van der Waals surface area contributed by atoms with Crippen molar-refractivity contribution < 1.29 is 14.0 Å². The van der Waals surface area contributed by atoms with Gasteiger partial charge in [-0.05, 0) is 52.2 Å². The van der Waals surface area contributed by atoms with E-state index in [1.165, 1.54) is 28.4 Å². The van der Waals surface area contributed by atoms with Crippen LogP contribution in [0.5, 0.6) is 0 Å². The average molecular weight is 415 g/mol. The lowest BCUT2D eigenvalue weighted by molar-refractivity contribution is -0.129. The molecular formula is C16H26N4O3S2Si. The number of amides is 2. The van der Waals surface area contributed by atoms with Gasteiger partial charge in [-0.25, -0.2) is 0 Å². The van der Waals surface area contributed by atoms with E-state index < -0.39 is 18.5 Å². The maximum atomic E-state index is 12.5. The zero-order chi connectivity index (χ0) is 19.7. The fourth-order valence-electron chi connectivity index (χ4n) is 2.23. The molecule has 0 saturated carbocycles. The van der Waals surface area contributed by atoms with Crippen molar-refractivity contribution in [3.63, 3.8) is 0 Å². The van der Waals surface area contributed by atoms with Crippen molar-refractivity contribution >= 4 is 54.0 Å². The fraction of sp³-hybridized carbons (Fsp3) is 0.625. The van der Waals surface area contributed by atoms with Crippen LogP contribution >= 0.6 is 23.5 Å². The first-order chi connectivity index (χ1) is 12.0. The third kappa shape index (κ3) is 4.79. The molecule has 0 aromatic heterocycles. The molecule has 2 heterocycles. The van der Waals surface area contributed by atoms with Gasteiger partial charge in [0.05, 0.1) is 4.75 Å². The maximum Gasteiger partial charge on any atom is 0.267 e. The Kier molecular flexibility index (Phi) is 6.42. The number of hydrogen-bond acceptors (Lipinski definition) is 7. The van der Waals surface area contributed by atoms with Gasteiger partial charge < -0.3 is 4.43 Å². The zero-order valence-electron chi connectivity index (χ0n) is 16.3. The summed E-state index contributed by atoms with van der Waals surface area (Å²) in [5, 5.41) is 9.55. The molecule has 2 fully saturated rings. The summed E-state index contributed by atoms with van der Waals surface area (Å²) in [6.07, 6.45) is 3.80. The lowest BCUT2D eigenvalue weighted by Gasteiger charge is -2.20. The Morgan fingerprint density at radius 3 is 2.42 bits per heavy atom. The SMILES string of the molecule is CC=CCN1C(=O)C(C)(C)SC1=NN=C1SC(O[Si](C)(C)C)C(=O)N1C. The van der Waals surface area contributed by atoms with Crippen molar-refractivity contribution in [1.29, 1.82) is 0 Å². The molecule has 0 radical (unpaired) electrons. The normalized spacial score (nSPS) is 27.0. The molecule has 2 aliphatic rings. The Hall–Kier alpha value is -1.10. The maximum absolute atomic E-state index is 12.5. The number of rotatable bonds is 5. The minimum absolute atomic E-state index is 0.00278. The van der Waals surface area contributed by atoms with Crippen molar-refractivity contribution in [2.45, 2.75) is 50.6 Å². The highest BCUT2D eigenvalue weighted by Gasteiger charge is 2.44. The van der Waals surface area contributed by atoms with Crippen molar-refractivity contribution in [2.75, 3.05) is 13.6 Å². The highest BCUT2D eigenvalue weighted by molar-refractivity contribution is 8.16. The van der Waals surface area contributed by atoms with Gasteiger partial charge in [0.1, 0.15) is 0 Å². The molecule has 0 aliphatic carbocycles. The Morgan fingerprint density at radius 1 is 1.23 bits per heavy atom. The topological polar surface area (TPSA) is 74.6 Å². The second-order valence-corrected chi connectivity index (χ2v) is 14.5. The summed E-state index contributed by atoms with van der Waals surface area (Å²) in [7, 11) is -0.187. The molecule has 0 bridgehead atoms. The minimum atomic E-state index is -1.85. The summed E-state index contributed by atoms with van der Waals surface area (Å²) in [5.41, 5.74) is -0.570. The van der Waals surface area contributed by atoms with Crippen LogP contribution in [0.15, 0.2) is 22.4 Å². The predicted octanol–water partition coefficient (Wildman–Crippen LogP) is 2.93. The van der Waals surface area contributed by atoms with Crippen LogP contribution < -0.4 is 0 Å². The molecule has 0 aromatic rings. The van der Waals surface area contributed by atoms with Crippen LogP contribution in [0.4, 0.5) is 0 Å². The van der Waals surface area contributed by atoms with Gasteiger partial charge in [0.2, 0.25) is 5.91 Å². The van der Waals surface area contributed by atoms with Gasteiger partial charge >= 0.3 is 0 Å². The molecule has 0 N–H and O–H groups in total. The molecule has 144 valence electrons. The van der Waals surface area contributed by atoms with E-state index >= 15 is 0 Å².